The maximum atomic E-state index is 11.0. The van der Waals surface area contributed by atoms with Crippen molar-refractivity contribution >= 4 is 11.7 Å². The number of hydrogen-bond acceptors (Lipinski definition) is 3. The predicted molar refractivity (Wildman–Crippen MR) is 53.3 cm³/mol. The summed E-state index contributed by atoms with van der Waals surface area (Å²) in [5.41, 5.74) is 0.618. The third-order valence-corrected chi connectivity index (χ3v) is 2.55. The SMILES string of the molecule is CC(=O)c1cnn(CC2CNC(=O)C2)c1. The Morgan fingerprint density at radius 2 is 2.53 bits per heavy atom. The Morgan fingerprint density at radius 3 is 3.07 bits per heavy atom. The number of hydrogen-bond donors (Lipinski definition) is 1. The summed E-state index contributed by atoms with van der Waals surface area (Å²) in [6.07, 6.45) is 3.84. The number of aromatic nitrogens is 2. The van der Waals surface area contributed by atoms with Crippen molar-refractivity contribution in [2.75, 3.05) is 6.54 Å². The highest BCUT2D eigenvalue weighted by atomic mass is 16.1. The molecule has 15 heavy (non-hydrogen) atoms. The lowest BCUT2D eigenvalue weighted by molar-refractivity contribution is -0.119. The van der Waals surface area contributed by atoms with Crippen LogP contribution in [0.15, 0.2) is 12.4 Å². The van der Waals surface area contributed by atoms with Crippen molar-refractivity contribution in [3.05, 3.63) is 18.0 Å². The molecule has 5 heteroatoms. The molecule has 1 saturated heterocycles. The standard InChI is InChI=1S/C10H13N3O2/c1-7(14)9-4-12-13(6-9)5-8-2-10(15)11-3-8/h4,6,8H,2-3,5H2,1H3,(H,11,15). The lowest BCUT2D eigenvalue weighted by atomic mass is 10.1. The monoisotopic (exact) mass is 207 g/mol. The molecule has 1 N–H and O–H groups in total. The molecule has 1 aliphatic heterocycles. The molecule has 80 valence electrons. The largest absolute Gasteiger partial charge is 0.356 e. The van der Waals surface area contributed by atoms with Crippen molar-refractivity contribution in [3.63, 3.8) is 0 Å². The Kier molecular flexibility index (Phi) is 2.53. The molecule has 0 aliphatic carbocycles. The number of carbonyl (C=O) groups excluding carboxylic acids is 2. The van der Waals surface area contributed by atoms with Crippen LogP contribution in [0, 0.1) is 5.92 Å². The highest BCUT2D eigenvalue weighted by molar-refractivity contribution is 5.93. The second-order valence-electron chi connectivity index (χ2n) is 3.88. The van der Waals surface area contributed by atoms with Crippen LogP contribution < -0.4 is 5.32 Å². The van der Waals surface area contributed by atoms with Crippen molar-refractivity contribution in [1.82, 2.24) is 15.1 Å². The molecule has 1 unspecified atom stereocenters. The van der Waals surface area contributed by atoms with E-state index in [-0.39, 0.29) is 17.6 Å². The number of rotatable bonds is 3. The molecule has 0 aromatic carbocycles. The van der Waals surface area contributed by atoms with E-state index < -0.39 is 0 Å². The fourth-order valence-electron chi connectivity index (χ4n) is 1.70. The number of carbonyl (C=O) groups is 2. The minimum absolute atomic E-state index is 0.0156. The Bertz CT molecular complexity index is 397. The molecule has 0 bridgehead atoms. The van der Waals surface area contributed by atoms with Crippen LogP contribution in [0.4, 0.5) is 0 Å². The second kappa shape index (κ2) is 3.84. The highest BCUT2D eigenvalue weighted by Crippen LogP contribution is 2.11. The van der Waals surface area contributed by atoms with Gasteiger partial charge in [0.15, 0.2) is 5.78 Å². The lowest BCUT2D eigenvalue weighted by Crippen LogP contribution is -2.16. The molecule has 1 aromatic heterocycles. The van der Waals surface area contributed by atoms with Gasteiger partial charge in [-0.3, -0.25) is 14.3 Å². The molecule has 0 spiro atoms. The smallest absolute Gasteiger partial charge is 0.220 e. The van der Waals surface area contributed by atoms with E-state index in [2.05, 4.69) is 10.4 Å². The summed E-state index contributed by atoms with van der Waals surface area (Å²) in [7, 11) is 0. The average molecular weight is 207 g/mol. The summed E-state index contributed by atoms with van der Waals surface area (Å²) in [4.78, 5) is 22.0. The van der Waals surface area contributed by atoms with E-state index in [1.807, 2.05) is 0 Å². The zero-order valence-electron chi connectivity index (χ0n) is 8.56. The minimum Gasteiger partial charge on any atom is -0.356 e. The van der Waals surface area contributed by atoms with Crippen LogP contribution in [0.25, 0.3) is 0 Å². The molecule has 1 aromatic rings. The zero-order chi connectivity index (χ0) is 10.8. The first-order chi connectivity index (χ1) is 7.15. The predicted octanol–water partition coefficient (Wildman–Crippen LogP) is 0.222. The van der Waals surface area contributed by atoms with Gasteiger partial charge in [0.05, 0.1) is 11.8 Å². The molecule has 1 fully saturated rings. The molecule has 1 amide bonds. The van der Waals surface area contributed by atoms with Crippen molar-refractivity contribution < 1.29 is 9.59 Å². The van der Waals surface area contributed by atoms with Gasteiger partial charge in [0.2, 0.25) is 5.91 Å². The van der Waals surface area contributed by atoms with Crippen molar-refractivity contribution in [1.29, 1.82) is 0 Å². The summed E-state index contributed by atoms with van der Waals surface area (Å²) in [6.45, 7) is 2.90. The molecular formula is C10H13N3O2. The van der Waals surface area contributed by atoms with Crippen molar-refractivity contribution in [3.8, 4) is 0 Å². The number of nitrogens with zero attached hydrogens (tertiary/aromatic N) is 2. The van der Waals surface area contributed by atoms with Crippen LogP contribution in [0.3, 0.4) is 0 Å². The van der Waals surface area contributed by atoms with Crippen LogP contribution >= 0.6 is 0 Å². The van der Waals surface area contributed by atoms with Crippen LogP contribution in [-0.2, 0) is 11.3 Å². The first-order valence-electron chi connectivity index (χ1n) is 4.95. The molecule has 0 saturated carbocycles. The molecule has 1 atom stereocenters. The first kappa shape index (κ1) is 9.89. The molecule has 5 nitrogen and oxygen atoms in total. The quantitative estimate of drug-likeness (QED) is 0.721. The summed E-state index contributed by atoms with van der Waals surface area (Å²) in [5.74, 6) is 0.401. The normalized spacial score (nSPS) is 20.3. The van der Waals surface area contributed by atoms with E-state index >= 15 is 0 Å². The molecular weight excluding hydrogens is 194 g/mol. The minimum atomic E-state index is 0.0156. The third-order valence-electron chi connectivity index (χ3n) is 2.55. The Balaban J connectivity index is 1.99. The topological polar surface area (TPSA) is 64.0 Å². The van der Waals surface area contributed by atoms with E-state index in [1.165, 1.54) is 6.92 Å². The van der Waals surface area contributed by atoms with Gasteiger partial charge >= 0.3 is 0 Å². The average Bonchev–Trinajstić information content (AvgIpc) is 2.76. The fraction of sp³-hybridized carbons (Fsp3) is 0.500. The van der Waals surface area contributed by atoms with Gasteiger partial charge in [-0.15, -0.1) is 0 Å². The van der Waals surface area contributed by atoms with Crippen LogP contribution in [0.5, 0.6) is 0 Å². The number of nitrogens with one attached hydrogen (secondary N) is 1. The van der Waals surface area contributed by atoms with Crippen molar-refractivity contribution in [2.45, 2.75) is 19.9 Å². The van der Waals surface area contributed by atoms with E-state index in [0.717, 1.165) is 0 Å². The molecule has 0 radical (unpaired) electrons. The Labute approximate surface area is 87.5 Å². The van der Waals surface area contributed by atoms with E-state index in [4.69, 9.17) is 0 Å². The van der Waals surface area contributed by atoms with Gasteiger partial charge in [-0.1, -0.05) is 0 Å². The number of Topliss-reactive ketones (excluding diaryl/α,β-unsaturated/α-hetero) is 1. The van der Waals surface area contributed by atoms with Crippen LogP contribution in [-0.4, -0.2) is 28.0 Å². The zero-order valence-corrected chi connectivity index (χ0v) is 8.56. The van der Waals surface area contributed by atoms with Gasteiger partial charge in [0.25, 0.3) is 0 Å². The second-order valence-corrected chi connectivity index (χ2v) is 3.88. The summed E-state index contributed by atoms with van der Waals surface area (Å²) < 4.78 is 1.72. The van der Waals surface area contributed by atoms with Gasteiger partial charge in [0.1, 0.15) is 0 Å². The summed E-state index contributed by atoms with van der Waals surface area (Å²) in [6, 6.07) is 0. The summed E-state index contributed by atoms with van der Waals surface area (Å²) >= 11 is 0. The molecule has 2 heterocycles. The number of amides is 1. The van der Waals surface area contributed by atoms with Gasteiger partial charge in [-0.2, -0.15) is 5.10 Å². The maximum Gasteiger partial charge on any atom is 0.220 e. The fourth-order valence-corrected chi connectivity index (χ4v) is 1.70. The first-order valence-corrected chi connectivity index (χ1v) is 4.95. The van der Waals surface area contributed by atoms with Crippen LogP contribution in [0.2, 0.25) is 0 Å². The van der Waals surface area contributed by atoms with Crippen molar-refractivity contribution in [2.24, 2.45) is 5.92 Å². The van der Waals surface area contributed by atoms with Gasteiger partial charge in [0, 0.05) is 31.6 Å². The van der Waals surface area contributed by atoms with Gasteiger partial charge in [-0.05, 0) is 6.92 Å². The maximum absolute atomic E-state index is 11.0. The van der Waals surface area contributed by atoms with E-state index in [0.29, 0.717) is 25.1 Å². The van der Waals surface area contributed by atoms with E-state index in [9.17, 15) is 9.59 Å². The lowest BCUT2D eigenvalue weighted by Gasteiger charge is -2.06. The van der Waals surface area contributed by atoms with Crippen LogP contribution in [0.1, 0.15) is 23.7 Å². The van der Waals surface area contributed by atoms with E-state index in [1.54, 1.807) is 17.1 Å². The Hall–Kier alpha value is -1.65. The van der Waals surface area contributed by atoms with Gasteiger partial charge in [-0.25, -0.2) is 0 Å². The molecule has 2 rings (SSSR count). The third kappa shape index (κ3) is 2.23. The summed E-state index contributed by atoms with van der Waals surface area (Å²) in [5, 5.41) is 6.86. The molecule has 1 aliphatic rings. The highest BCUT2D eigenvalue weighted by Gasteiger charge is 2.21. The Morgan fingerprint density at radius 1 is 1.73 bits per heavy atom. The van der Waals surface area contributed by atoms with Gasteiger partial charge < -0.3 is 5.32 Å². The number of ketones is 1.